The number of benzene rings is 2. The number of methoxy groups -OCH3 is 1. The number of alkyl halides is 4. The largest absolute Gasteiger partial charge is 0.586 e. The van der Waals surface area contributed by atoms with Crippen LogP contribution in [0.15, 0.2) is 90.0 Å². The Morgan fingerprint density at radius 1 is 0.652 bits per heavy atom. The van der Waals surface area contributed by atoms with Crippen molar-refractivity contribution in [2.45, 2.75) is 76.8 Å². The maximum Gasteiger partial charge on any atom is 0.586 e. The lowest BCUT2D eigenvalue weighted by atomic mass is 9.94. The van der Waals surface area contributed by atoms with E-state index in [-0.39, 0.29) is 52.8 Å². The van der Waals surface area contributed by atoms with Crippen LogP contribution in [0.5, 0.6) is 28.9 Å². The summed E-state index contributed by atoms with van der Waals surface area (Å²) in [5.41, 5.74) is 5.04. The number of hydrogen-bond donors (Lipinski definition) is 3. The van der Waals surface area contributed by atoms with Crippen LogP contribution < -0.4 is 39.9 Å². The number of aromatic nitrogens is 4. The van der Waals surface area contributed by atoms with E-state index >= 15 is 0 Å². The zero-order chi connectivity index (χ0) is 46.1. The first-order valence-electron chi connectivity index (χ1n) is 20.5. The van der Waals surface area contributed by atoms with Crippen LogP contribution in [-0.4, -0.2) is 51.4 Å². The third kappa shape index (κ3) is 8.43. The summed E-state index contributed by atoms with van der Waals surface area (Å²) in [6.07, 6.45) is -1.95. The summed E-state index contributed by atoms with van der Waals surface area (Å²) >= 11 is 0. The van der Waals surface area contributed by atoms with E-state index in [1.807, 2.05) is 33.8 Å². The first-order chi connectivity index (χ1) is 30.9. The van der Waals surface area contributed by atoms with Gasteiger partial charge in [0.1, 0.15) is 11.6 Å². The van der Waals surface area contributed by atoms with Crippen LogP contribution in [0.25, 0.3) is 22.5 Å². The third-order valence-corrected chi connectivity index (χ3v) is 12.1. The number of aryl methyl sites for hydroxylation is 2. The number of hydrogen-bond acceptors (Lipinski definition) is 11. The Hall–Kier alpha value is -7.21. The molecule has 2 aliphatic carbocycles. The van der Waals surface area contributed by atoms with E-state index in [0.717, 1.165) is 27.8 Å². The third-order valence-electron chi connectivity index (χ3n) is 12.1. The van der Waals surface area contributed by atoms with E-state index in [1.54, 1.807) is 48.7 Å². The van der Waals surface area contributed by atoms with Crippen molar-refractivity contribution in [1.82, 2.24) is 19.9 Å². The van der Waals surface area contributed by atoms with Crippen molar-refractivity contribution in [3.63, 3.8) is 0 Å². The Labute approximate surface area is 380 Å². The van der Waals surface area contributed by atoms with Gasteiger partial charge in [-0.25, -0.2) is 15.0 Å². The molecule has 0 radical (unpaired) electrons. The molecule has 0 spiro atoms. The lowest BCUT2D eigenvalue weighted by Crippen LogP contribution is -2.28. The monoisotopic (exact) mass is 928 g/mol. The zero-order valence-corrected chi connectivity index (χ0v) is 36.8. The topological polar surface area (TPSA) is 176 Å². The molecular weight excluding hydrogens is 888 g/mol. The van der Waals surface area contributed by atoms with Gasteiger partial charge in [0.25, 0.3) is 5.56 Å². The maximum atomic E-state index is 13.4. The van der Waals surface area contributed by atoms with Gasteiger partial charge in [-0.05, 0) is 147 Å². The Kier molecular flexibility index (Phi) is 11.4. The molecule has 0 saturated heterocycles. The van der Waals surface area contributed by atoms with Crippen molar-refractivity contribution in [2.75, 3.05) is 17.7 Å². The molecule has 0 atom stereocenters. The second-order valence-electron chi connectivity index (χ2n) is 16.3. The highest BCUT2D eigenvalue weighted by molar-refractivity contribution is 6.02. The van der Waals surface area contributed by atoms with Gasteiger partial charge in [-0.15, -0.1) is 30.0 Å². The molecule has 14 nitrogen and oxygen atoms in total. The van der Waals surface area contributed by atoms with Crippen molar-refractivity contribution in [3.05, 3.63) is 129 Å². The van der Waals surface area contributed by atoms with Gasteiger partial charge in [-0.1, -0.05) is 12.1 Å². The molecule has 0 bridgehead atoms. The van der Waals surface area contributed by atoms with Crippen LogP contribution >= 0.6 is 12.4 Å². The first kappa shape index (κ1) is 45.4. The molecule has 4 aromatic heterocycles. The molecule has 2 aliphatic heterocycles. The van der Waals surface area contributed by atoms with Gasteiger partial charge >= 0.3 is 12.6 Å². The minimum absolute atomic E-state index is 0. The van der Waals surface area contributed by atoms with Gasteiger partial charge in [0.05, 0.1) is 40.5 Å². The summed E-state index contributed by atoms with van der Waals surface area (Å²) in [5, 5.41) is 5.75. The van der Waals surface area contributed by atoms with E-state index in [2.05, 4.69) is 49.5 Å². The molecule has 10 rings (SSSR count). The number of pyridine rings is 4. The Morgan fingerprint density at radius 3 is 1.56 bits per heavy atom. The summed E-state index contributed by atoms with van der Waals surface area (Å²) in [6.45, 7) is 7.61. The highest BCUT2D eigenvalue weighted by Gasteiger charge is 2.54. The maximum absolute atomic E-state index is 13.4. The van der Waals surface area contributed by atoms with Crippen molar-refractivity contribution in [2.24, 2.45) is 0 Å². The molecule has 0 unspecified atom stereocenters. The van der Waals surface area contributed by atoms with E-state index in [4.69, 9.17) is 4.74 Å². The number of aromatic amines is 1. The van der Waals surface area contributed by atoms with Crippen molar-refractivity contribution < 1.29 is 50.8 Å². The van der Waals surface area contributed by atoms with Crippen LogP contribution in [0.1, 0.15) is 59.1 Å². The van der Waals surface area contributed by atoms with Crippen molar-refractivity contribution in [3.8, 4) is 51.4 Å². The minimum Gasteiger partial charge on any atom is -0.481 e. The van der Waals surface area contributed by atoms with Gasteiger partial charge in [-0.2, -0.15) is 0 Å². The van der Waals surface area contributed by atoms with Gasteiger partial charge in [0.15, 0.2) is 23.0 Å². The Bertz CT molecular complexity index is 3000. The van der Waals surface area contributed by atoms with Gasteiger partial charge in [0, 0.05) is 12.4 Å². The molecule has 2 saturated carbocycles. The lowest BCUT2D eigenvalue weighted by molar-refractivity contribution is -0.287. The Balaban J connectivity index is 0.000000177. The number of fused-ring (bicyclic) bond motifs is 2. The molecular formula is C47H41ClF4N6O8. The number of amides is 2. The summed E-state index contributed by atoms with van der Waals surface area (Å²) in [4.78, 5) is 54.8. The van der Waals surface area contributed by atoms with E-state index < -0.39 is 23.4 Å². The fourth-order valence-corrected chi connectivity index (χ4v) is 7.98. The van der Waals surface area contributed by atoms with Crippen LogP contribution in [0.4, 0.5) is 29.2 Å². The summed E-state index contributed by atoms with van der Waals surface area (Å²) < 4.78 is 76.8. The average Bonchev–Trinajstić information content (AvgIpc) is 4.19. The van der Waals surface area contributed by atoms with Crippen LogP contribution in [0, 0.1) is 27.7 Å². The second-order valence-corrected chi connectivity index (χ2v) is 16.3. The normalized spacial score (nSPS) is 16.7. The van der Waals surface area contributed by atoms with Gasteiger partial charge in [-0.3, -0.25) is 14.4 Å². The average molecular weight is 929 g/mol. The number of carbonyl (C=O) groups is 2. The quantitative estimate of drug-likeness (QED) is 0.118. The van der Waals surface area contributed by atoms with E-state index in [0.29, 0.717) is 71.3 Å². The number of rotatable bonds is 9. The fraction of sp³-hybridized carbons (Fsp3) is 0.277. The summed E-state index contributed by atoms with van der Waals surface area (Å²) in [7, 11) is 1.54. The summed E-state index contributed by atoms with van der Waals surface area (Å²) in [5.74, 6) is 0.298. The number of carbonyl (C=O) groups excluding carboxylic acids is 2. The fourth-order valence-electron chi connectivity index (χ4n) is 7.98. The van der Waals surface area contributed by atoms with Crippen molar-refractivity contribution >= 4 is 35.9 Å². The molecule has 6 aromatic rings. The lowest BCUT2D eigenvalue weighted by Gasteiger charge is -2.18. The highest BCUT2D eigenvalue weighted by atomic mass is 35.5. The molecule has 2 fully saturated rings. The molecule has 342 valence electrons. The van der Waals surface area contributed by atoms with Crippen LogP contribution in [-0.2, 0) is 20.4 Å². The van der Waals surface area contributed by atoms with E-state index in [1.165, 1.54) is 37.6 Å². The number of nitrogens with one attached hydrogen (secondary N) is 3. The number of anilines is 2. The molecule has 3 N–H and O–H groups in total. The molecule has 66 heavy (non-hydrogen) atoms. The molecule has 2 amide bonds. The predicted molar refractivity (Wildman–Crippen MR) is 235 cm³/mol. The van der Waals surface area contributed by atoms with Crippen LogP contribution in [0.2, 0.25) is 0 Å². The van der Waals surface area contributed by atoms with E-state index in [9.17, 15) is 31.9 Å². The highest BCUT2D eigenvalue weighted by Crippen LogP contribution is 2.54. The van der Waals surface area contributed by atoms with Gasteiger partial charge < -0.3 is 39.3 Å². The second kappa shape index (κ2) is 16.7. The molecule has 2 aromatic carbocycles. The predicted octanol–water partition coefficient (Wildman–Crippen LogP) is 9.23. The summed E-state index contributed by atoms with van der Waals surface area (Å²) in [6, 6.07) is 19.4. The van der Waals surface area contributed by atoms with Crippen molar-refractivity contribution in [1.29, 1.82) is 0 Å². The molecule has 6 heterocycles. The number of nitrogens with zero attached hydrogens (tertiary/aromatic N) is 3. The van der Waals surface area contributed by atoms with Crippen LogP contribution in [0.3, 0.4) is 0 Å². The molecule has 4 aliphatic rings. The smallest absolute Gasteiger partial charge is 0.481 e. The minimum atomic E-state index is -3.71. The zero-order valence-electron chi connectivity index (χ0n) is 35.9. The number of ether oxygens (including phenoxy) is 5. The van der Waals surface area contributed by atoms with Gasteiger partial charge in [0.2, 0.25) is 17.7 Å². The SMILES string of the molecule is COc1ncccc1-c1nc(NC(=O)C2(c3ccc4c(c3)OC(F)(F)O4)CC2)cc(C)c1C.Cc1cc(NC(=O)C2(c3ccc4c(c3)OC(F)(F)O4)CC2)nc(-c2ccc[nH]c2=O)c1C.Cl. The number of halogens is 5. The Morgan fingerprint density at radius 2 is 1.11 bits per heavy atom. The number of H-pyrrole nitrogens is 1. The first-order valence-corrected chi connectivity index (χ1v) is 20.5. The molecule has 19 heteroatoms. The standard InChI is InChI=1S/C24H21F2N3O4.C23H19F2N3O4.ClH/c1-13-11-19(28-20(14(13)2)16-5-4-10-27-21(16)31-3)29-22(30)23(8-9-23)15-6-7-17-18(12-15)33-24(25,26)32-17;1-12-10-18(27-19(13(12)2)15-4-3-9-26-20(15)29)28-21(30)22(7-8-22)14-5-6-16-17(11-14)32-23(24,25)31-16;/h4-7,10-12H,8-9H2,1-3H3,(H,28,29,30);3-6,9-11H,7-8H2,1-2H3,(H,26,29)(H,27,28,30);1H.